The molecule has 0 amide bonds. The molecule has 7 nitrogen and oxygen atoms in total. The molecule has 116 valence electrons. The summed E-state index contributed by atoms with van der Waals surface area (Å²) < 4.78 is 4.98. The Kier molecular flexibility index (Phi) is 6.80. The Morgan fingerprint density at radius 1 is 1.10 bits per heavy atom. The van der Waals surface area contributed by atoms with Crippen LogP contribution in [0.4, 0.5) is 0 Å². The normalized spacial score (nSPS) is 13.5. The number of hydrogen-bond acceptors (Lipinski definition) is 6. The number of esters is 1. The second-order valence-corrected chi connectivity index (χ2v) is 4.44. The zero-order valence-electron chi connectivity index (χ0n) is 11.3. The molecule has 1 aromatic carbocycles. The highest BCUT2D eigenvalue weighted by Crippen LogP contribution is 2.11. The zero-order valence-corrected chi connectivity index (χ0v) is 11.3. The Balaban J connectivity index is 2.67. The molecule has 0 heterocycles. The summed E-state index contributed by atoms with van der Waals surface area (Å²) >= 11 is 0. The van der Waals surface area contributed by atoms with Crippen LogP contribution in [-0.4, -0.2) is 57.8 Å². The Bertz CT molecular complexity index is 469. The van der Waals surface area contributed by atoms with Crippen molar-refractivity contribution >= 4 is 11.9 Å². The van der Waals surface area contributed by atoms with E-state index in [1.54, 1.807) is 0 Å². The third-order valence-electron chi connectivity index (χ3n) is 2.89. The predicted molar refractivity (Wildman–Crippen MR) is 72.0 cm³/mol. The molecule has 1 rings (SSSR count). The van der Waals surface area contributed by atoms with Crippen LogP contribution in [0.15, 0.2) is 24.3 Å². The molecule has 0 aliphatic carbocycles. The van der Waals surface area contributed by atoms with Gasteiger partial charge in [0.15, 0.2) is 6.10 Å². The van der Waals surface area contributed by atoms with Crippen LogP contribution in [-0.2, 0) is 4.74 Å². The van der Waals surface area contributed by atoms with Gasteiger partial charge in [0, 0.05) is 6.61 Å². The molecule has 0 aliphatic rings. The van der Waals surface area contributed by atoms with Crippen molar-refractivity contribution in [1.82, 2.24) is 0 Å². The van der Waals surface area contributed by atoms with Gasteiger partial charge in [-0.3, -0.25) is 0 Å². The van der Waals surface area contributed by atoms with E-state index in [1.807, 2.05) is 0 Å². The van der Waals surface area contributed by atoms with Crippen molar-refractivity contribution in [2.24, 2.45) is 0 Å². The second-order valence-electron chi connectivity index (χ2n) is 4.44. The molecule has 0 radical (unpaired) electrons. The van der Waals surface area contributed by atoms with E-state index in [-0.39, 0.29) is 24.2 Å². The number of carbonyl (C=O) groups excluding carboxylic acids is 1. The first-order valence-corrected chi connectivity index (χ1v) is 6.43. The highest BCUT2D eigenvalue weighted by Gasteiger charge is 2.23. The summed E-state index contributed by atoms with van der Waals surface area (Å²) in [5, 5.41) is 36.3. The van der Waals surface area contributed by atoms with E-state index in [9.17, 15) is 14.7 Å². The monoisotopic (exact) mass is 298 g/mol. The Morgan fingerprint density at radius 2 is 1.67 bits per heavy atom. The van der Waals surface area contributed by atoms with E-state index in [2.05, 4.69) is 0 Å². The topological polar surface area (TPSA) is 124 Å². The first-order valence-electron chi connectivity index (χ1n) is 6.43. The fraction of sp³-hybridized carbons (Fsp3) is 0.429. The summed E-state index contributed by atoms with van der Waals surface area (Å²) in [6.07, 6.45) is -1.66. The summed E-state index contributed by atoms with van der Waals surface area (Å²) in [6.45, 7) is -0.661. The molecule has 0 fully saturated rings. The number of aromatic carboxylic acids is 1. The quantitative estimate of drug-likeness (QED) is 0.499. The summed E-state index contributed by atoms with van der Waals surface area (Å²) in [6, 6.07) is 5.10. The van der Waals surface area contributed by atoms with Gasteiger partial charge in [-0.25, -0.2) is 9.59 Å². The lowest BCUT2D eigenvalue weighted by molar-refractivity contribution is -0.0438. The van der Waals surface area contributed by atoms with Gasteiger partial charge in [0.2, 0.25) is 0 Å². The van der Waals surface area contributed by atoms with E-state index in [0.29, 0.717) is 6.42 Å². The van der Waals surface area contributed by atoms with Gasteiger partial charge in [0.25, 0.3) is 0 Å². The van der Waals surface area contributed by atoms with Crippen LogP contribution in [0.25, 0.3) is 0 Å². The number of carboxylic acids is 1. The Labute approximate surface area is 121 Å². The van der Waals surface area contributed by atoms with Gasteiger partial charge >= 0.3 is 11.9 Å². The van der Waals surface area contributed by atoms with Crippen LogP contribution in [0.2, 0.25) is 0 Å². The third-order valence-corrected chi connectivity index (χ3v) is 2.89. The Hall–Kier alpha value is -1.96. The lowest BCUT2D eigenvalue weighted by Crippen LogP contribution is -2.34. The van der Waals surface area contributed by atoms with Crippen molar-refractivity contribution in [3.8, 4) is 0 Å². The van der Waals surface area contributed by atoms with E-state index in [4.69, 9.17) is 20.1 Å². The standard InChI is InChI=1S/C14H18O7/c15-7-1-2-11(17)12(8-16)21-14(20)10-5-3-9(4-6-10)13(18)19/h3-6,11-12,15-17H,1-2,7-8H2,(H,18,19). The number of benzene rings is 1. The summed E-state index contributed by atoms with van der Waals surface area (Å²) in [7, 11) is 0. The number of ether oxygens (including phenoxy) is 1. The van der Waals surface area contributed by atoms with Crippen LogP contribution in [0.5, 0.6) is 0 Å². The zero-order chi connectivity index (χ0) is 15.8. The molecular weight excluding hydrogens is 280 g/mol. The SMILES string of the molecule is O=C(O)c1ccc(C(=O)OC(CO)C(O)CCCO)cc1. The lowest BCUT2D eigenvalue weighted by atomic mass is 10.1. The molecule has 2 atom stereocenters. The lowest BCUT2D eigenvalue weighted by Gasteiger charge is -2.21. The summed E-state index contributed by atoms with van der Waals surface area (Å²) in [5.41, 5.74) is 0.154. The van der Waals surface area contributed by atoms with Crippen LogP contribution in [0, 0.1) is 0 Å². The van der Waals surface area contributed by atoms with Gasteiger partial charge in [0.05, 0.1) is 23.8 Å². The number of rotatable bonds is 8. The maximum absolute atomic E-state index is 11.8. The number of aliphatic hydroxyl groups is 3. The van der Waals surface area contributed by atoms with Crippen LogP contribution in [0.1, 0.15) is 33.6 Å². The average Bonchev–Trinajstić information content (AvgIpc) is 2.49. The molecule has 21 heavy (non-hydrogen) atoms. The van der Waals surface area contributed by atoms with Gasteiger partial charge < -0.3 is 25.2 Å². The third kappa shape index (κ3) is 5.14. The molecule has 0 spiro atoms. The molecule has 2 unspecified atom stereocenters. The van der Waals surface area contributed by atoms with Gasteiger partial charge in [-0.05, 0) is 37.1 Å². The van der Waals surface area contributed by atoms with Crippen molar-refractivity contribution in [3.05, 3.63) is 35.4 Å². The highest BCUT2D eigenvalue weighted by molar-refractivity contribution is 5.92. The van der Waals surface area contributed by atoms with Crippen LogP contribution >= 0.6 is 0 Å². The summed E-state index contributed by atoms with van der Waals surface area (Å²) in [5.74, 6) is -1.88. The predicted octanol–water partition coefficient (Wildman–Crippen LogP) is 0.0359. The first-order chi connectivity index (χ1) is 9.99. The molecule has 0 bridgehead atoms. The smallest absolute Gasteiger partial charge is 0.338 e. The maximum atomic E-state index is 11.8. The molecule has 0 aromatic heterocycles. The Morgan fingerprint density at radius 3 is 2.14 bits per heavy atom. The molecule has 0 saturated heterocycles. The van der Waals surface area contributed by atoms with Gasteiger partial charge in [-0.1, -0.05) is 0 Å². The minimum Gasteiger partial charge on any atom is -0.478 e. The average molecular weight is 298 g/mol. The summed E-state index contributed by atoms with van der Waals surface area (Å²) in [4.78, 5) is 22.5. The van der Waals surface area contributed by atoms with Crippen molar-refractivity contribution in [3.63, 3.8) is 0 Å². The minimum absolute atomic E-state index is 0.0354. The minimum atomic E-state index is -1.11. The van der Waals surface area contributed by atoms with E-state index >= 15 is 0 Å². The van der Waals surface area contributed by atoms with E-state index < -0.39 is 30.8 Å². The first kappa shape index (κ1) is 17.1. The molecule has 1 aromatic rings. The molecule has 0 saturated carbocycles. The van der Waals surface area contributed by atoms with Crippen molar-refractivity contribution in [2.45, 2.75) is 25.0 Å². The molecular formula is C14H18O7. The number of aliphatic hydroxyl groups excluding tert-OH is 3. The fourth-order valence-corrected chi connectivity index (χ4v) is 1.68. The van der Waals surface area contributed by atoms with Crippen LogP contribution < -0.4 is 0 Å². The number of carbonyl (C=O) groups is 2. The maximum Gasteiger partial charge on any atom is 0.338 e. The van der Waals surface area contributed by atoms with Gasteiger partial charge in [0.1, 0.15) is 0 Å². The molecule has 4 N–H and O–H groups in total. The fourth-order valence-electron chi connectivity index (χ4n) is 1.68. The number of hydrogen-bond donors (Lipinski definition) is 4. The largest absolute Gasteiger partial charge is 0.478 e. The molecule has 0 aliphatic heterocycles. The highest BCUT2D eigenvalue weighted by atomic mass is 16.6. The second kappa shape index (κ2) is 8.35. The van der Waals surface area contributed by atoms with E-state index in [1.165, 1.54) is 24.3 Å². The van der Waals surface area contributed by atoms with Crippen LogP contribution in [0.3, 0.4) is 0 Å². The molecule has 7 heteroatoms. The van der Waals surface area contributed by atoms with Crippen molar-refractivity contribution in [2.75, 3.05) is 13.2 Å². The van der Waals surface area contributed by atoms with E-state index in [0.717, 1.165) is 0 Å². The number of carboxylic acid groups (broad SMARTS) is 1. The van der Waals surface area contributed by atoms with Gasteiger partial charge in [-0.2, -0.15) is 0 Å². The van der Waals surface area contributed by atoms with Crippen molar-refractivity contribution in [1.29, 1.82) is 0 Å². The van der Waals surface area contributed by atoms with Crippen molar-refractivity contribution < 1.29 is 34.8 Å². The van der Waals surface area contributed by atoms with Gasteiger partial charge in [-0.15, -0.1) is 0 Å².